The highest BCUT2D eigenvalue weighted by Crippen LogP contribution is 2.20. The molecule has 0 atom stereocenters. The number of nitrogens with one attached hydrogen (secondary N) is 1. The van der Waals surface area contributed by atoms with Gasteiger partial charge < -0.3 is 14.5 Å². The first kappa shape index (κ1) is 14.9. The van der Waals surface area contributed by atoms with E-state index in [0.717, 1.165) is 11.1 Å². The van der Waals surface area contributed by atoms with Crippen molar-refractivity contribution in [1.82, 2.24) is 5.32 Å². The number of carbonyl (C=O) groups excluding carboxylic acids is 1. The molecule has 0 unspecified atom stereocenters. The van der Waals surface area contributed by atoms with Crippen molar-refractivity contribution in [3.8, 4) is 5.75 Å². The zero-order valence-electron chi connectivity index (χ0n) is 12.6. The third kappa shape index (κ3) is 4.23. The second-order valence-corrected chi connectivity index (χ2v) is 5.00. The van der Waals surface area contributed by atoms with Crippen LogP contribution in [0.2, 0.25) is 0 Å². The minimum absolute atomic E-state index is 0.177. The average Bonchev–Trinajstić information content (AvgIpc) is 3.10. The van der Waals surface area contributed by atoms with Gasteiger partial charge in [0.15, 0.2) is 0 Å². The number of hydrogen-bond acceptors (Lipinski definition) is 3. The Kier molecular flexibility index (Phi) is 4.74. The maximum absolute atomic E-state index is 11.6. The molecule has 0 radical (unpaired) electrons. The van der Waals surface area contributed by atoms with Gasteiger partial charge in [0.25, 0.3) is 0 Å². The number of fused-ring (bicyclic) bond motifs is 1. The Morgan fingerprint density at radius 2 is 1.96 bits per heavy atom. The summed E-state index contributed by atoms with van der Waals surface area (Å²) in [5.41, 5.74) is 0. The molecular formula is C19H17NO3. The van der Waals surface area contributed by atoms with Crippen LogP contribution in [0.3, 0.4) is 0 Å². The summed E-state index contributed by atoms with van der Waals surface area (Å²) in [5.74, 6) is 1.26. The number of rotatable bonds is 6. The van der Waals surface area contributed by atoms with Gasteiger partial charge in [0, 0.05) is 6.08 Å². The molecule has 0 fully saturated rings. The van der Waals surface area contributed by atoms with Gasteiger partial charge in [0.1, 0.15) is 18.1 Å². The van der Waals surface area contributed by atoms with Gasteiger partial charge in [-0.25, -0.2) is 0 Å². The molecule has 4 nitrogen and oxygen atoms in total. The lowest BCUT2D eigenvalue weighted by atomic mass is 10.1. The number of hydrogen-bond donors (Lipinski definition) is 1. The van der Waals surface area contributed by atoms with Gasteiger partial charge in [-0.1, -0.05) is 30.3 Å². The summed E-state index contributed by atoms with van der Waals surface area (Å²) in [6.45, 7) is 0.854. The third-order valence-corrected chi connectivity index (χ3v) is 3.33. The molecule has 1 N–H and O–H groups in total. The summed E-state index contributed by atoms with van der Waals surface area (Å²) in [7, 11) is 0. The Morgan fingerprint density at radius 1 is 1.09 bits per heavy atom. The molecule has 0 saturated heterocycles. The maximum Gasteiger partial charge on any atom is 0.244 e. The van der Waals surface area contributed by atoms with E-state index in [-0.39, 0.29) is 5.91 Å². The number of ether oxygens (including phenoxy) is 1. The quantitative estimate of drug-likeness (QED) is 0.559. The van der Waals surface area contributed by atoms with Crippen LogP contribution in [0.1, 0.15) is 5.76 Å². The van der Waals surface area contributed by atoms with Crippen LogP contribution < -0.4 is 10.1 Å². The van der Waals surface area contributed by atoms with Gasteiger partial charge >= 0.3 is 0 Å². The van der Waals surface area contributed by atoms with Crippen LogP contribution in [0.5, 0.6) is 5.75 Å². The minimum atomic E-state index is -0.177. The number of amides is 1. The van der Waals surface area contributed by atoms with Crippen LogP contribution in [-0.2, 0) is 4.79 Å². The second-order valence-electron chi connectivity index (χ2n) is 5.00. The van der Waals surface area contributed by atoms with Crippen molar-refractivity contribution in [3.63, 3.8) is 0 Å². The summed E-state index contributed by atoms with van der Waals surface area (Å²) in [6.07, 6.45) is 4.63. The highest BCUT2D eigenvalue weighted by Gasteiger charge is 1.99. The minimum Gasteiger partial charge on any atom is -0.492 e. The van der Waals surface area contributed by atoms with Crippen molar-refractivity contribution in [2.45, 2.75) is 0 Å². The second kappa shape index (κ2) is 7.31. The molecule has 116 valence electrons. The summed E-state index contributed by atoms with van der Waals surface area (Å²) in [4.78, 5) is 11.6. The van der Waals surface area contributed by atoms with E-state index in [1.54, 1.807) is 24.5 Å². The Morgan fingerprint density at radius 3 is 2.78 bits per heavy atom. The smallest absolute Gasteiger partial charge is 0.244 e. The topological polar surface area (TPSA) is 51.5 Å². The van der Waals surface area contributed by atoms with Crippen molar-refractivity contribution >= 4 is 22.8 Å². The Balaban J connectivity index is 1.44. The Bertz CT molecular complexity index is 806. The standard InChI is InChI=1S/C19H17NO3/c21-19(10-9-17-6-3-12-22-17)20-11-13-23-18-8-7-15-4-1-2-5-16(15)14-18/h1-10,12,14H,11,13H2,(H,20,21). The van der Waals surface area contributed by atoms with Gasteiger partial charge in [-0.3, -0.25) is 4.79 Å². The van der Waals surface area contributed by atoms with Gasteiger partial charge in [-0.2, -0.15) is 0 Å². The molecule has 1 aromatic heterocycles. The van der Waals surface area contributed by atoms with Crippen LogP contribution in [0.15, 0.2) is 71.4 Å². The number of furan rings is 1. The molecule has 0 bridgehead atoms. The molecule has 3 aromatic rings. The molecule has 2 aromatic carbocycles. The summed E-state index contributed by atoms with van der Waals surface area (Å²) < 4.78 is 10.8. The lowest BCUT2D eigenvalue weighted by Crippen LogP contribution is -2.26. The van der Waals surface area contributed by atoms with Crippen molar-refractivity contribution in [2.24, 2.45) is 0 Å². The normalized spacial score (nSPS) is 11.0. The largest absolute Gasteiger partial charge is 0.492 e. The molecule has 0 aliphatic heterocycles. The zero-order valence-corrected chi connectivity index (χ0v) is 12.6. The van der Waals surface area contributed by atoms with Crippen molar-refractivity contribution in [3.05, 3.63) is 72.7 Å². The third-order valence-electron chi connectivity index (χ3n) is 3.33. The first-order valence-corrected chi connectivity index (χ1v) is 7.42. The average molecular weight is 307 g/mol. The molecule has 0 aliphatic rings. The Labute approximate surface area is 134 Å². The Hall–Kier alpha value is -3.01. The summed E-state index contributed by atoms with van der Waals surface area (Å²) in [5, 5.41) is 5.07. The van der Waals surface area contributed by atoms with Gasteiger partial charge in [0.05, 0.1) is 12.8 Å². The van der Waals surface area contributed by atoms with Gasteiger partial charge in [0.2, 0.25) is 5.91 Å². The highest BCUT2D eigenvalue weighted by atomic mass is 16.5. The van der Waals surface area contributed by atoms with E-state index in [0.29, 0.717) is 18.9 Å². The summed E-state index contributed by atoms with van der Waals surface area (Å²) >= 11 is 0. The molecular weight excluding hydrogens is 290 g/mol. The van der Waals surface area contributed by atoms with Crippen LogP contribution in [0, 0.1) is 0 Å². The fraction of sp³-hybridized carbons (Fsp3) is 0.105. The highest BCUT2D eigenvalue weighted by molar-refractivity contribution is 5.91. The van der Waals surface area contributed by atoms with E-state index in [1.807, 2.05) is 36.4 Å². The van der Waals surface area contributed by atoms with Crippen LogP contribution >= 0.6 is 0 Å². The van der Waals surface area contributed by atoms with Crippen molar-refractivity contribution in [1.29, 1.82) is 0 Å². The van der Waals surface area contributed by atoms with Crippen molar-refractivity contribution in [2.75, 3.05) is 13.2 Å². The molecule has 23 heavy (non-hydrogen) atoms. The fourth-order valence-electron chi connectivity index (χ4n) is 2.20. The molecule has 4 heteroatoms. The predicted molar refractivity (Wildman–Crippen MR) is 90.2 cm³/mol. The monoisotopic (exact) mass is 307 g/mol. The maximum atomic E-state index is 11.6. The van der Waals surface area contributed by atoms with E-state index in [1.165, 1.54) is 11.5 Å². The molecule has 1 amide bonds. The van der Waals surface area contributed by atoms with E-state index < -0.39 is 0 Å². The lowest BCUT2D eigenvalue weighted by Gasteiger charge is -2.07. The van der Waals surface area contributed by atoms with E-state index in [4.69, 9.17) is 9.15 Å². The first-order chi connectivity index (χ1) is 11.3. The van der Waals surface area contributed by atoms with E-state index in [9.17, 15) is 4.79 Å². The van der Waals surface area contributed by atoms with Crippen LogP contribution in [0.4, 0.5) is 0 Å². The molecule has 0 aliphatic carbocycles. The van der Waals surface area contributed by atoms with Crippen LogP contribution in [0.25, 0.3) is 16.8 Å². The first-order valence-electron chi connectivity index (χ1n) is 7.42. The molecule has 0 saturated carbocycles. The van der Waals surface area contributed by atoms with Gasteiger partial charge in [-0.05, 0) is 41.1 Å². The van der Waals surface area contributed by atoms with E-state index >= 15 is 0 Å². The SMILES string of the molecule is O=C(C=Cc1ccco1)NCCOc1ccc2ccccc2c1. The fourth-order valence-corrected chi connectivity index (χ4v) is 2.20. The van der Waals surface area contributed by atoms with Gasteiger partial charge in [-0.15, -0.1) is 0 Å². The number of carbonyl (C=O) groups is 1. The number of benzene rings is 2. The van der Waals surface area contributed by atoms with Crippen molar-refractivity contribution < 1.29 is 13.9 Å². The molecule has 0 spiro atoms. The predicted octanol–water partition coefficient (Wildman–Crippen LogP) is 3.64. The lowest BCUT2D eigenvalue weighted by molar-refractivity contribution is -0.116. The zero-order chi connectivity index (χ0) is 15.9. The summed E-state index contributed by atoms with van der Waals surface area (Å²) in [6, 6.07) is 17.6. The molecule has 1 heterocycles. The van der Waals surface area contributed by atoms with E-state index in [2.05, 4.69) is 11.4 Å². The van der Waals surface area contributed by atoms with Crippen LogP contribution in [-0.4, -0.2) is 19.1 Å². The molecule has 3 rings (SSSR count).